The van der Waals surface area contributed by atoms with Crippen LogP contribution in [-0.4, -0.2) is 13.0 Å². The number of benzene rings is 5. The molecule has 5 nitrogen and oxygen atoms in total. The quantitative estimate of drug-likeness (QED) is 0.190. The van der Waals surface area contributed by atoms with Crippen LogP contribution in [0.25, 0.3) is 10.8 Å². The Hall–Kier alpha value is -5.03. The Kier molecular flexibility index (Phi) is 6.40. The summed E-state index contributed by atoms with van der Waals surface area (Å²) in [4.78, 5) is 13.7. The fourth-order valence-electron chi connectivity index (χ4n) is 6.39. The zero-order valence-electron chi connectivity index (χ0n) is 22.8. The van der Waals surface area contributed by atoms with Crippen LogP contribution in [-0.2, 0) is 0 Å². The van der Waals surface area contributed by atoms with E-state index in [1.54, 1.807) is 7.11 Å². The van der Waals surface area contributed by atoms with Crippen molar-refractivity contribution in [2.24, 2.45) is 5.92 Å². The molecule has 41 heavy (non-hydrogen) atoms. The van der Waals surface area contributed by atoms with E-state index in [-0.39, 0.29) is 17.9 Å². The Bertz CT molecular complexity index is 1760. The van der Waals surface area contributed by atoms with E-state index in [0.717, 1.165) is 46.0 Å². The molecule has 0 spiro atoms. The lowest BCUT2D eigenvalue weighted by atomic mass is 9.75. The number of carbonyl (C=O) groups excluding carboxylic acids is 1. The van der Waals surface area contributed by atoms with Gasteiger partial charge in [0.05, 0.1) is 24.4 Å². The highest BCUT2D eigenvalue weighted by molar-refractivity contribution is 6.09. The van der Waals surface area contributed by atoms with Crippen LogP contribution in [0.1, 0.15) is 39.9 Å². The third-order valence-corrected chi connectivity index (χ3v) is 8.31. The van der Waals surface area contributed by atoms with E-state index >= 15 is 0 Å². The Labute approximate surface area is 239 Å². The molecule has 202 valence electrons. The third-order valence-electron chi connectivity index (χ3n) is 8.31. The second-order valence-electron chi connectivity index (χ2n) is 10.7. The van der Waals surface area contributed by atoms with Crippen molar-refractivity contribution in [1.82, 2.24) is 0 Å². The smallest absolute Gasteiger partial charge is 0.257 e. The van der Waals surface area contributed by atoms with Crippen molar-refractivity contribution >= 4 is 39.4 Å². The van der Waals surface area contributed by atoms with Gasteiger partial charge in [-0.25, -0.2) is 0 Å². The molecule has 5 heteroatoms. The van der Waals surface area contributed by atoms with Gasteiger partial charge >= 0.3 is 0 Å². The third kappa shape index (κ3) is 4.59. The monoisotopic (exact) mass is 537 g/mol. The molecule has 5 aromatic carbocycles. The normalized spacial score (nSPS) is 18.7. The van der Waals surface area contributed by atoms with Crippen LogP contribution in [0, 0.1) is 5.92 Å². The SMILES string of the molecule is COc1ccc2ccccc2c1C1Nc2c(C(=O)Nc3ccc(Nc4ccccc4)cc3)cccc2C2C=CCC21. The first kappa shape index (κ1) is 25.0. The molecule has 1 amide bonds. The zero-order chi connectivity index (χ0) is 27.8. The van der Waals surface area contributed by atoms with Gasteiger partial charge in [-0.2, -0.15) is 0 Å². The Balaban J connectivity index is 1.21. The first-order chi connectivity index (χ1) is 20.2. The van der Waals surface area contributed by atoms with Crippen LogP contribution in [0.4, 0.5) is 22.7 Å². The minimum absolute atomic E-state index is 0.0131. The van der Waals surface area contributed by atoms with E-state index < -0.39 is 0 Å². The summed E-state index contributed by atoms with van der Waals surface area (Å²) in [5, 5.41) is 12.7. The summed E-state index contributed by atoms with van der Waals surface area (Å²) >= 11 is 0. The number of anilines is 4. The number of fused-ring (bicyclic) bond motifs is 4. The molecule has 5 aromatic rings. The Morgan fingerprint density at radius 1 is 0.805 bits per heavy atom. The molecule has 0 bridgehead atoms. The molecule has 3 N–H and O–H groups in total. The molecule has 0 fully saturated rings. The van der Waals surface area contributed by atoms with E-state index in [4.69, 9.17) is 4.74 Å². The number of carbonyl (C=O) groups is 1. The summed E-state index contributed by atoms with van der Waals surface area (Å²) in [7, 11) is 1.73. The van der Waals surface area contributed by atoms with Crippen LogP contribution >= 0.6 is 0 Å². The number of hydrogen-bond donors (Lipinski definition) is 3. The Morgan fingerprint density at radius 3 is 2.39 bits per heavy atom. The highest BCUT2D eigenvalue weighted by Gasteiger charge is 2.41. The number of amides is 1. The Morgan fingerprint density at radius 2 is 1.56 bits per heavy atom. The van der Waals surface area contributed by atoms with Crippen molar-refractivity contribution < 1.29 is 9.53 Å². The average Bonchev–Trinajstić information content (AvgIpc) is 3.52. The standard InChI is InChI=1S/C36H31N3O2/c1-41-32-22-17-23-9-5-6-12-27(23)33(32)35-30-15-7-13-28(30)29-14-8-16-31(34(29)39-35)36(40)38-26-20-18-25(19-21-26)37-24-10-3-2-4-11-24/h2-14,16-22,28,30,35,37,39H,15H2,1H3,(H,38,40). The van der Waals surface area contributed by atoms with E-state index in [1.807, 2.05) is 66.7 Å². The fourth-order valence-corrected chi connectivity index (χ4v) is 6.39. The van der Waals surface area contributed by atoms with Crippen molar-refractivity contribution in [2.75, 3.05) is 23.1 Å². The highest BCUT2D eigenvalue weighted by atomic mass is 16.5. The number of rotatable bonds is 6. The van der Waals surface area contributed by atoms with Gasteiger partial charge in [0.25, 0.3) is 5.91 Å². The maximum Gasteiger partial charge on any atom is 0.257 e. The largest absolute Gasteiger partial charge is 0.496 e. The van der Waals surface area contributed by atoms with E-state index in [9.17, 15) is 4.79 Å². The van der Waals surface area contributed by atoms with Crippen LogP contribution in [0.2, 0.25) is 0 Å². The van der Waals surface area contributed by atoms with Crippen molar-refractivity contribution in [3.05, 3.63) is 138 Å². The van der Waals surface area contributed by atoms with Gasteiger partial charge in [-0.05, 0) is 77.2 Å². The molecule has 1 aliphatic heterocycles. The van der Waals surface area contributed by atoms with Gasteiger partial charge in [0.1, 0.15) is 5.75 Å². The number of allylic oxidation sites excluding steroid dienone is 2. The topological polar surface area (TPSA) is 62.4 Å². The van der Waals surface area contributed by atoms with Gasteiger partial charge in [0, 0.05) is 28.5 Å². The second kappa shape index (κ2) is 10.5. The van der Waals surface area contributed by atoms with E-state index in [0.29, 0.717) is 11.5 Å². The summed E-state index contributed by atoms with van der Waals surface area (Å²) in [5.41, 5.74) is 6.55. The van der Waals surface area contributed by atoms with Crippen molar-refractivity contribution in [3.8, 4) is 5.75 Å². The summed E-state index contributed by atoms with van der Waals surface area (Å²) in [6, 6.07) is 36.4. The average molecular weight is 538 g/mol. The minimum atomic E-state index is -0.137. The van der Waals surface area contributed by atoms with E-state index in [2.05, 4.69) is 70.6 Å². The predicted octanol–water partition coefficient (Wildman–Crippen LogP) is 8.67. The summed E-state index contributed by atoms with van der Waals surface area (Å²) in [5.74, 6) is 1.27. The number of hydrogen-bond acceptors (Lipinski definition) is 4. The summed E-state index contributed by atoms with van der Waals surface area (Å²) in [6.45, 7) is 0. The first-order valence-electron chi connectivity index (χ1n) is 14.0. The van der Waals surface area contributed by atoms with Crippen molar-refractivity contribution in [2.45, 2.75) is 18.4 Å². The van der Waals surface area contributed by atoms with Crippen LogP contribution in [0.5, 0.6) is 5.75 Å². The molecule has 7 rings (SSSR count). The molecule has 0 saturated heterocycles. The highest BCUT2D eigenvalue weighted by Crippen LogP contribution is 2.53. The van der Waals surface area contributed by atoms with Crippen molar-refractivity contribution in [1.29, 1.82) is 0 Å². The number of methoxy groups -OCH3 is 1. The first-order valence-corrected chi connectivity index (χ1v) is 14.0. The molecule has 1 heterocycles. The van der Waals surface area contributed by atoms with Gasteiger partial charge < -0.3 is 20.7 Å². The lowest BCUT2D eigenvalue weighted by molar-refractivity contribution is 0.102. The van der Waals surface area contributed by atoms with Gasteiger partial charge in [-0.15, -0.1) is 0 Å². The fraction of sp³-hybridized carbons (Fsp3) is 0.139. The molecule has 0 saturated carbocycles. The second-order valence-corrected chi connectivity index (χ2v) is 10.7. The summed E-state index contributed by atoms with van der Waals surface area (Å²) < 4.78 is 5.90. The molecule has 0 aromatic heterocycles. The lowest BCUT2D eigenvalue weighted by Crippen LogP contribution is -2.31. The van der Waals surface area contributed by atoms with Gasteiger partial charge in [-0.3, -0.25) is 4.79 Å². The molecular formula is C36H31N3O2. The molecule has 0 radical (unpaired) electrons. The zero-order valence-corrected chi connectivity index (χ0v) is 22.8. The van der Waals surface area contributed by atoms with Gasteiger partial charge in [0.15, 0.2) is 0 Å². The maximum absolute atomic E-state index is 13.7. The lowest BCUT2D eigenvalue weighted by Gasteiger charge is -2.39. The molecule has 2 aliphatic rings. The van der Waals surface area contributed by atoms with E-state index in [1.165, 1.54) is 10.8 Å². The number of para-hydroxylation sites is 2. The molecule has 3 atom stereocenters. The van der Waals surface area contributed by atoms with Crippen molar-refractivity contribution in [3.63, 3.8) is 0 Å². The van der Waals surface area contributed by atoms with Crippen LogP contribution in [0.15, 0.2) is 121 Å². The predicted molar refractivity (Wildman–Crippen MR) is 167 cm³/mol. The molecular weight excluding hydrogens is 506 g/mol. The number of nitrogens with one attached hydrogen (secondary N) is 3. The maximum atomic E-state index is 13.7. The minimum Gasteiger partial charge on any atom is -0.496 e. The number of ether oxygens (including phenoxy) is 1. The molecule has 3 unspecified atom stereocenters. The van der Waals surface area contributed by atoms with Crippen LogP contribution < -0.4 is 20.7 Å². The summed E-state index contributed by atoms with van der Waals surface area (Å²) in [6.07, 6.45) is 5.54. The molecule has 1 aliphatic carbocycles. The van der Waals surface area contributed by atoms with Gasteiger partial charge in [0.2, 0.25) is 0 Å². The van der Waals surface area contributed by atoms with Crippen LogP contribution in [0.3, 0.4) is 0 Å². The van der Waals surface area contributed by atoms with Gasteiger partial charge in [-0.1, -0.05) is 72.8 Å².